The Balaban J connectivity index is 1.97. The Labute approximate surface area is 249 Å². The van der Waals surface area contributed by atoms with E-state index < -0.39 is 5.97 Å². The van der Waals surface area contributed by atoms with E-state index in [0.29, 0.717) is 31.0 Å². The summed E-state index contributed by atoms with van der Waals surface area (Å²) in [4.78, 5) is 11.3. The van der Waals surface area contributed by atoms with Crippen LogP contribution in [0.5, 0.6) is 23.0 Å². The van der Waals surface area contributed by atoms with Crippen LogP contribution in [-0.2, 0) is 11.2 Å². The number of aromatic hydroxyl groups is 1. The van der Waals surface area contributed by atoms with E-state index in [2.05, 4.69) is 45.7 Å². The van der Waals surface area contributed by atoms with Crippen LogP contribution in [0.4, 0.5) is 0 Å². The highest BCUT2D eigenvalue weighted by Crippen LogP contribution is 2.47. The van der Waals surface area contributed by atoms with Gasteiger partial charge in [-0.1, -0.05) is 61.8 Å². The van der Waals surface area contributed by atoms with Gasteiger partial charge in [-0.3, -0.25) is 4.79 Å². The molecule has 4 aromatic rings. The van der Waals surface area contributed by atoms with Crippen LogP contribution in [-0.4, -0.2) is 23.3 Å². The number of hydrogen-bond acceptors (Lipinski definition) is 4. The lowest BCUT2D eigenvalue weighted by Gasteiger charge is -2.26. The lowest BCUT2D eigenvalue weighted by molar-refractivity contribution is -0.136. The van der Waals surface area contributed by atoms with Gasteiger partial charge in [0, 0.05) is 22.1 Å². The van der Waals surface area contributed by atoms with Crippen molar-refractivity contribution in [3.8, 4) is 23.0 Å². The molecule has 202 valence electrons. The number of halogens is 3. The van der Waals surface area contributed by atoms with Crippen LogP contribution in [0.15, 0.2) is 81.7 Å². The number of phenolic OH excluding ortho intramolecular Hbond substituents is 1. The van der Waals surface area contributed by atoms with Crippen molar-refractivity contribution in [1.82, 2.24) is 0 Å². The zero-order chi connectivity index (χ0) is 28.3. The van der Waals surface area contributed by atoms with Gasteiger partial charge in [0.05, 0.1) is 22.5 Å². The number of rotatable bonds is 9. The van der Waals surface area contributed by atoms with Crippen molar-refractivity contribution >= 4 is 49.4 Å². The van der Waals surface area contributed by atoms with Gasteiger partial charge in [-0.2, -0.15) is 0 Å². The van der Waals surface area contributed by atoms with Gasteiger partial charge in [-0.05, 0) is 90.9 Å². The van der Waals surface area contributed by atoms with Crippen molar-refractivity contribution in [1.29, 1.82) is 0 Å². The molecule has 2 N–H and O–H groups in total. The van der Waals surface area contributed by atoms with E-state index in [9.17, 15) is 15.0 Å². The summed E-state index contributed by atoms with van der Waals surface area (Å²) in [7, 11) is 1.64. The van der Waals surface area contributed by atoms with E-state index in [1.807, 2.05) is 48.5 Å². The molecule has 0 saturated heterocycles. The van der Waals surface area contributed by atoms with Crippen LogP contribution in [0.1, 0.15) is 53.5 Å². The number of carbonyl (C=O) groups is 1. The quantitative estimate of drug-likeness (QED) is 0.173. The molecule has 8 heteroatoms. The SMILES string of the molecule is COc1cc(C(c2ccccc2)c2ccc(O)cc2Cl)c(Oc2c(Br)cc(CC(=O)O)cc2Br)cc1C(C)C. The third-order valence-electron chi connectivity index (χ3n) is 6.35. The van der Waals surface area contributed by atoms with Gasteiger partial charge in [0.2, 0.25) is 0 Å². The second-order valence-electron chi connectivity index (χ2n) is 9.40. The molecule has 5 nitrogen and oxygen atoms in total. The minimum absolute atomic E-state index is 0.0779. The maximum Gasteiger partial charge on any atom is 0.307 e. The number of carboxylic acids is 1. The average Bonchev–Trinajstić information content (AvgIpc) is 2.88. The van der Waals surface area contributed by atoms with E-state index >= 15 is 0 Å². The standard InChI is InChI=1S/C31H27Br2ClO5/c1-17(2)22-15-28(39-31-24(32)11-18(12-25(31)33)13-29(36)37)23(16-27(22)38-3)30(19-7-5-4-6-8-19)21-10-9-20(35)14-26(21)34/h4-12,14-17,30,35H,13H2,1-3H3,(H,36,37). The first-order valence-corrected chi connectivity index (χ1v) is 14.2. The van der Waals surface area contributed by atoms with Crippen molar-refractivity contribution in [2.45, 2.75) is 32.1 Å². The largest absolute Gasteiger partial charge is 0.508 e. The molecule has 4 aromatic carbocycles. The maximum atomic E-state index is 11.3. The van der Waals surface area contributed by atoms with Gasteiger partial charge in [0.25, 0.3) is 0 Å². The van der Waals surface area contributed by atoms with Gasteiger partial charge in [-0.25, -0.2) is 0 Å². The Kier molecular flexibility index (Phi) is 9.26. The van der Waals surface area contributed by atoms with Crippen LogP contribution < -0.4 is 9.47 Å². The normalized spacial score (nSPS) is 11.9. The first kappa shape index (κ1) is 29.0. The van der Waals surface area contributed by atoms with E-state index in [4.69, 9.17) is 21.1 Å². The van der Waals surface area contributed by atoms with E-state index in [1.165, 1.54) is 6.07 Å². The molecule has 1 atom stereocenters. The van der Waals surface area contributed by atoms with Crippen molar-refractivity contribution in [2.24, 2.45) is 0 Å². The van der Waals surface area contributed by atoms with E-state index in [-0.39, 0.29) is 24.0 Å². The molecule has 0 aliphatic heterocycles. The topological polar surface area (TPSA) is 76.0 Å². The predicted molar refractivity (Wildman–Crippen MR) is 161 cm³/mol. The summed E-state index contributed by atoms with van der Waals surface area (Å²) >= 11 is 13.8. The molecule has 0 radical (unpaired) electrons. The van der Waals surface area contributed by atoms with Crippen LogP contribution in [0.3, 0.4) is 0 Å². The molecular formula is C31H27Br2ClO5. The molecule has 0 heterocycles. The van der Waals surface area contributed by atoms with Crippen molar-refractivity contribution in [2.75, 3.05) is 7.11 Å². The molecule has 0 fully saturated rings. The van der Waals surface area contributed by atoms with Gasteiger partial charge in [0.15, 0.2) is 5.75 Å². The van der Waals surface area contributed by atoms with E-state index in [1.54, 1.807) is 25.3 Å². The van der Waals surface area contributed by atoms with Crippen molar-refractivity contribution in [3.05, 3.63) is 115 Å². The summed E-state index contributed by atoms with van der Waals surface area (Å²) in [6.07, 6.45) is -0.113. The predicted octanol–water partition coefficient (Wildman–Crippen LogP) is 9.30. The van der Waals surface area contributed by atoms with Gasteiger partial charge in [0.1, 0.15) is 17.2 Å². The van der Waals surface area contributed by atoms with E-state index in [0.717, 1.165) is 28.0 Å². The van der Waals surface area contributed by atoms with Crippen LogP contribution in [0.2, 0.25) is 5.02 Å². The molecule has 0 saturated carbocycles. The fraction of sp³-hybridized carbons (Fsp3) is 0.194. The summed E-state index contributed by atoms with van der Waals surface area (Å²) in [5.74, 6) is 0.769. The minimum Gasteiger partial charge on any atom is -0.508 e. The summed E-state index contributed by atoms with van der Waals surface area (Å²) < 4.78 is 13.7. The molecule has 0 amide bonds. The number of benzene rings is 4. The van der Waals surface area contributed by atoms with Crippen molar-refractivity contribution in [3.63, 3.8) is 0 Å². The highest BCUT2D eigenvalue weighted by molar-refractivity contribution is 9.11. The Morgan fingerprint density at radius 1 is 0.897 bits per heavy atom. The third kappa shape index (κ3) is 6.60. The van der Waals surface area contributed by atoms with Crippen LogP contribution >= 0.6 is 43.5 Å². The molecule has 39 heavy (non-hydrogen) atoms. The van der Waals surface area contributed by atoms with Crippen molar-refractivity contribution < 1.29 is 24.5 Å². The Hall–Kier alpha value is -3.00. The maximum absolute atomic E-state index is 11.3. The van der Waals surface area contributed by atoms with Crippen LogP contribution in [0, 0.1) is 0 Å². The lowest BCUT2D eigenvalue weighted by Crippen LogP contribution is -2.08. The first-order chi connectivity index (χ1) is 18.6. The lowest BCUT2D eigenvalue weighted by atomic mass is 9.83. The van der Waals surface area contributed by atoms with Gasteiger partial charge < -0.3 is 19.7 Å². The summed E-state index contributed by atoms with van der Waals surface area (Å²) in [5, 5.41) is 19.7. The first-order valence-electron chi connectivity index (χ1n) is 12.2. The van der Waals surface area contributed by atoms with Gasteiger partial charge in [-0.15, -0.1) is 0 Å². The Morgan fingerprint density at radius 3 is 2.10 bits per heavy atom. The monoisotopic (exact) mass is 672 g/mol. The number of methoxy groups -OCH3 is 1. The molecule has 0 aliphatic carbocycles. The third-order valence-corrected chi connectivity index (χ3v) is 7.85. The van der Waals surface area contributed by atoms with Gasteiger partial charge >= 0.3 is 5.97 Å². The highest BCUT2D eigenvalue weighted by atomic mass is 79.9. The summed E-state index contributed by atoms with van der Waals surface area (Å²) in [6, 6.07) is 22.3. The number of hydrogen-bond donors (Lipinski definition) is 2. The fourth-order valence-electron chi connectivity index (χ4n) is 4.55. The zero-order valence-electron chi connectivity index (χ0n) is 21.5. The molecular weight excluding hydrogens is 648 g/mol. The minimum atomic E-state index is -0.919. The second kappa shape index (κ2) is 12.5. The number of ether oxygens (including phenoxy) is 2. The number of carboxylic acid groups (broad SMARTS) is 1. The number of phenols is 1. The zero-order valence-corrected chi connectivity index (χ0v) is 25.5. The smallest absolute Gasteiger partial charge is 0.307 e. The molecule has 4 rings (SSSR count). The molecule has 1 unspecified atom stereocenters. The molecule has 0 bridgehead atoms. The summed E-state index contributed by atoms with van der Waals surface area (Å²) in [6.45, 7) is 4.17. The highest BCUT2D eigenvalue weighted by Gasteiger charge is 2.27. The number of aliphatic carboxylic acids is 1. The molecule has 0 aromatic heterocycles. The Bertz CT molecular complexity index is 1480. The summed E-state index contributed by atoms with van der Waals surface area (Å²) in [5.41, 5.74) is 4.17. The molecule has 0 aliphatic rings. The fourth-order valence-corrected chi connectivity index (χ4v) is 6.28. The average molecular weight is 675 g/mol. The Morgan fingerprint density at radius 2 is 1.54 bits per heavy atom. The molecule has 0 spiro atoms. The van der Waals surface area contributed by atoms with Crippen LogP contribution in [0.25, 0.3) is 0 Å². The second-order valence-corrected chi connectivity index (χ2v) is 11.5.